The first kappa shape index (κ1) is 32.2. The van der Waals surface area contributed by atoms with Gasteiger partial charge in [0, 0.05) is 39.3 Å². The van der Waals surface area contributed by atoms with Crippen LogP contribution in [0, 0.1) is 0 Å². The molecule has 1 unspecified atom stereocenters. The predicted molar refractivity (Wildman–Crippen MR) is 140 cm³/mol. The quantitative estimate of drug-likeness (QED) is 0.234. The van der Waals surface area contributed by atoms with Crippen molar-refractivity contribution < 1.29 is 43.7 Å². The molecule has 0 saturated carbocycles. The largest absolute Gasteiger partial charge is 0.544 e. The summed E-state index contributed by atoms with van der Waals surface area (Å²) in [7, 11) is 0. The van der Waals surface area contributed by atoms with Crippen LogP contribution in [0.4, 0.5) is 0 Å². The molecule has 0 bridgehead atoms. The molecule has 2 N–H and O–H groups in total. The molecule has 1 saturated heterocycles. The number of esters is 1. The van der Waals surface area contributed by atoms with Gasteiger partial charge in [-0.25, -0.2) is 0 Å². The molecular formula is C27H42N4O8. The van der Waals surface area contributed by atoms with E-state index in [1.165, 1.54) is 0 Å². The Balaban J connectivity index is 2.24. The lowest BCUT2D eigenvalue weighted by Crippen LogP contribution is -2.60. The lowest BCUT2D eigenvalue weighted by Gasteiger charge is -2.42. The van der Waals surface area contributed by atoms with E-state index in [1.54, 1.807) is 9.80 Å². The van der Waals surface area contributed by atoms with Crippen molar-refractivity contribution in [1.82, 2.24) is 14.7 Å². The zero-order valence-electron chi connectivity index (χ0n) is 22.8. The Hall–Kier alpha value is -3.06. The van der Waals surface area contributed by atoms with Crippen LogP contribution in [0.1, 0.15) is 25.3 Å². The summed E-state index contributed by atoms with van der Waals surface area (Å²) in [6, 6.07) is 9.32. The number of carbonyl (C=O) groups excluding carboxylic acids is 2. The molecule has 2 rings (SSSR count). The van der Waals surface area contributed by atoms with E-state index in [9.17, 15) is 34.5 Å². The normalized spacial score (nSPS) is 20.4. The van der Waals surface area contributed by atoms with Gasteiger partial charge in [0.2, 0.25) is 0 Å². The Morgan fingerprint density at radius 3 is 1.85 bits per heavy atom. The molecule has 1 aromatic rings. The van der Waals surface area contributed by atoms with Crippen LogP contribution in [0.2, 0.25) is 0 Å². The molecular weight excluding hydrogens is 508 g/mol. The van der Waals surface area contributed by atoms with Gasteiger partial charge in [-0.05, 0) is 12.0 Å². The number of aliphatic carboxylic acids is 3. The maximum absolute atomic E-state index is 12.7. The molecule has 0 spiro atoms. The van der Waals surface area contributed by atoms with E-state index in [2.05, 4.69) is 0 Å². The van der Waals surface area contributed by atoms with Crippen LogP contribution in [0.15, 0.2) is 30.3 Å². The fourth-order valence-electron chi connectivity index (χ4n) is 4.77. The van der Waals surface area contributed by atoms with Crippen molar-refractivity contribution in [2.45, 2.75) is 26.4 Å². The summed E-state index contributed by atoms with van der Waals surface area (Å²) in [6.07, 6.45) is 1.66. The molecule has 1 aliphatic rings. The standard InChI is InChI=1S/C27H42N4O8/c1-2-3-15-31(21-26(36)37)16-13-29(19-25(34)35)11-9-28(18-24(32)33)10-12-30(14-17-31)20-27(38)39-22-23-7-5-4-6-8-23/h4-8H,2-3,9-22H2,1H3,(H2-,32,33,34,35,36,37). The summed E-state index contributed by atoms with van der Waals surface area (Å²) in [6.45, 7) is 4.97. The number of benzene rings is 1. The molecule has 0 amide bonds. The van der Waals surface area contributed by atoms with Crippen LogP contribution in [0.5, 0.6) is 0 Å². The molecule has 1 atom stereocenters. The number of carbonyl (C=O) groups is 4. The summed E-state index contributed by atoms with van der Waals surface area (Å²) in [5.41, 5.74) is 0.863. The van der Waals surface area contributed by atoms with Crippen molar-refractivity contribution in [2.75, 3.05) is 85.1 Å². The van der Waals surface area contributed by atoms with Gasteiger partial charge in [0.1, 0.15) is 13.2 Å². The fourth-order valence-corrected chi connectivity index (χ4v) is 4.77. The maximum Gasteiger partial charge on any atom is 0.320 e. The second kappa shape index (κ2) is 16.8. The third kappa shape index (κ3) is 13.0. The minimum absolute atomic E-state index is 0.0159. The molecule has 1 heterocycles. The summed E-state index contributed by atoms with van der Waals surface area (Å²) in [5.74, 6) is -3.59. The highest BCUT2D eigenvalue weighted by Crippen LogP contribution is 2.13. The number of hydrogen-bond donors (Lipinski definition) is 2. The van der Waals surface area contributed by atoms with Crippen LogP contribution < -0.4 is 5.11 Å². The average Bonchev–Trinajstić information content (AvgIpc) is 2.88. The first-order valence-corrected chi connectivity index (χ1v) is 13.5. The second-order valence-corrected chi connectivity index (χ2v) is 10.2. The Morgan fingerprint density at radius 2 is 1.36 bits per heavy atom. The van der Waals surface area contributed by atoms with E-state index >= 15 is 0 Å². The Labute approximate surface area is 229 Å². The van der Waals surface area contributed by atoms with Crippen molar-refractivity contribution in [1.29, 1.82) is 0 Å². The highest BCUT2D eigenvalue weighted by Gasteiger charge is 2.30. The number of unbranched alkanes of at least 4 members (excludes halogenated alkanes) is 1. The monoisotopic (exact) mass is 550 g/mol. The summed E-state index contributed by atoms with van der Waals surface area (Å²) in [4.78, 5) is 52.8. The Morgan fingerprint density at radius 1 is 0.846 bits per heavy atom. The Kier molecular flexibility index (Phi) is 13.9. The smallest absolute Gasteiger partial charge is 0.320 e. The lowest BCUT2D eigenvalue weighted by atomic mass is 10.2. The number of hydrogen-bond acceptors (Lipinski definition) is 9. The van der Waals surface area contributed by atoms with E-state index in [-0.39, 0.29) is 37.3 Å². The van der Waals surface area contributed by atoms with Gasteiger partial charge in [0.15, 0.2) is 0 Å². The highest BCUT2D eigenvalue weighted by atomic mass is 16.5. The topological polar surface area (TPSA) is 151 Å². The van der Waals surface area contributed by atoms with Crippen LogP contribution in [0.25, 0.3) is 0 Å². The number of carboxylic acids is 3. The van der Waals surface area contributed by atoms with Crippen molar-refractivity contribution >= 4 is 23.9 Å². The van der Waals surface area contributed by atoms with Gasteiger partial charge in [-0.1, -0.05) is 43.7 Å². The van der Waals surface area contributed by atoms with Crippen molar-refractivity contribution in [3.63, 3.8) is 0 Å². The SMILES string of the molecule is CCCC[N+]1(CC(=O)[O-])CCN(CC(=O)O)CCN(CC(=O)O)CCN(CC(=O)OCc2ccccc2)CC1. The first-order valence-electron chi connectivity index (χ1n) is 13.5. The molecule has 1 aliphatic heterocycles. The van der Waals surface area contributed by atoms with Crippen molar-refractivity contribution in [3.05, 3.63) is 35.9 Å². The third-order valence-corrected chi connectivity index (χ3v) is 7.01. The van der Waals surface area contributed by atoms with E-state index in [1.807, 2.05) is 42.2 Å². The van der Waals surface area contributed by atoms with Crippen LogP contribution in [-0.2, 0) is 30.5 Å². The summed E-state index contributed by atoms with van der Waals surface area (Å²) < 4.78 is 5.68. The summed E-state index contributed by atoms with van der Waals surface area (Å²) >= 11 is 0. The molecule has 39 heavy (non-hydrogen) atoms. The van der Waals surface area contributed by atoms with Gasteiger partial charge in [-0.15, -0.1) is 0 Å². The fraction of sp³-hybridized carbons (Fsp3) is 0.630. The lowest BCUT2D eigenvalue weighted by molar-refractivity contribution is -0.922. The number of quaternary nitrogens is 1. The second-order valence-electron chi connectivity index (χ2n) is 10.2. The van der Waals surface area contributed by atoms with E-state index < -0.39 is 23.9 Å². The minimum atomic E-state index is -1.18. The van der Waals surface area contributed by atoms with Gasteiger partial charge in [-0.2, -0.15) is 0 Å². The van der Waals surface area contributed by atoms with Gasteiger partial charge < -0.3 is 29.3 Å². The zero-order chi connectivity index (χ0) is 28.7. The highest BCUT2D eigenvalue weighted by molar-refractivity contribution is 5.71. The molecule has 0 radical (unpaired) electrons. The molecule has 1 fully saturated rings. The minimum Gasteiger partial charge on any atom is -0.544 e. The van der Waals surface area contributed by atoms with Crippen LogP contribution in [-0.4, -0.2) is 138 Å². The van der Waals surface area contributed by atoms with E-state index in [0.717, 1.165) is 18.4 Å². The molecule has 0 aromatic heterocycles. The molecule has 12 heteroatoms. The zero-order valence-corrected chi connectivity index (χ0v) is 22.8. The van der Waals surface area contributed by atoms with Gasteiger partial charge in [0.25, 0.3) is 0 Å². The summed E-state index contributed by atoms with van der Waals surface area (Å²) in [5, 5.41) is 30.6. The molecule has 12 nitrogen and oxygen atoms in total. The average molecular weight is 551 g/mol. The first-order chi connectivity index (χ1) is 18.6. The van der Waals surface area contributed by atoms with Crippen molar-refractivity contribution in [2.24, 2.45) is 0 Å². The van der Waals surface area contributed by atoms with Crippen LogP contribution in [0.3, 0.4) is 0 Å². The van der Waals surface area contributed by atoms with E-state index in [4.69, 9.17) is 4.74 Å². The predicted octanol–water partition coefficient (Wildman–Crippen LogP) is -0.815. The number of rotatable bonds is 13. The van der Waals surface area contributed by atoms with Gasteiger partial charge >= 0.3 is 17.9 Å². The molecule has 218 valence electrons. The van der Waals surface area contributed by atoms with Gasteiger partial charge in [0.05, 0.1) is 45.2 Å². The third-order valence-electron chi connectivity index (χ3n) is 7.01. The van der Waals surface area contributed by atoms with Crippen LogP contribution >= 0.6 is 0 Å². The Bertz CT molecular complexity index is 932. The molecule has 0 aliphatic carbocycles. The van der Waals surface area contributed by atoms with Crippen molar-refractivity contribution in [3.8, 4) is 0 Å². The number of nitrogens with zero attached hydrogens (tertiary/aromatic N) is 4. The number of carboxylic acid groups (broad SMARTS) is 3. The van der Waals surface area contributed by atoms with Gasteiger partial charge in [-0.3, -0.25) is 29.1 Å². The number of ether oxygens (including phenoxy) is 1. The maximum atomic E-state index is 12.7. The molecule has 1 aromatic carbocycles. The van der Waals surface area contributed by atoms with E-state index in [0.29, 0.717) is 58.9 Å².